The number of carboxylic acids is 1. The van der Waals surface area contributed by atoms with E-state index < -0.39 is 16.0 Å². The molecule has 0 saturated carbocycles. The lowest BCUT2D eigenvalue weighted by atomic mass is 10.1. The minimum absolute atomic E-state index is 0.0689. The van der Waals surface area contributed by atoms with Gasteiger partial charge < -0.3 is 5.11 Å². The van der Waals surface area contributed by atoms with Crippen LogP contribution < -0.4 is 4.72 Å². The first-order valence-corrected chi connectivity index (χ1v) is 8.24. The summed E-state index contributed by atoms with van der Waals surface area (Å²) in [5, 5.41) is 8.95. The SMILES string of the molecule is CC(=O)c1ccccc1NS(=O)(=O)c1ccc(Cl)c(C(=O)O)c1. The number of carbonyl (C=O) groups is 2. The Hall–Kier alpha value is -2.38. The van der Waals surface area contributed by atoms with E-state index in [1.165, 1.54) is 31.2 Å². The van der Waals surface area contributed by atoms with Crippen molar-refractivity contribution in [2.24, 2.45) is 0 Å². The molecule has 0 radical (unpaired) electrons. The van der Waals surface area contributed by atoms with Crippen LogP contribution in [-0.2, 0) is 10.0 Å². The second-order valence-electron chi connectivity index (χ2n) is 4.65. The summed E-state index contributed by atoms with van der Waals surface area (Å²) < 4.78 is 27.1. The quantitative estimate of drug-likeness (QED) is 0.804. The minimum Gasteiger partial charge on any atom is -0.478 e. The average Bonchev–Trinajstić information content (AvgIpc) is 2.47. The fourth-order valence-corrected chi connectivity index (χ4v) is 3.22. The Bertz CT molecular complexity index is 892. The van der Waals surface area contributed by atoms with Crippen LogP contribution in [0.2, 0.25) is 5.02 Å². The molecule has 2 aromatic rings. The van der Waals surface area contributed by atoms with Gasteiger partial charge in [0.15, 0.2) is 5.78 Å². The van der Waals surface area contributed by atoms with Gasteiger partial charge in [-0.3, -0.25) is 9.52 Å². The number of rotatable bonds is 5. The molecule has 0 bridgehead atoms. The smallest absolute Gasteiger partial charge is 0.337 e. The number of hydrogen-bond donors (Lipinski definition) is 2. The summed E-state index contributed by atoms with van der Waals surface area (Å²) in [5.74, 6) is -1.64. The molecule has 0 aliphatic rings. The van der Waals surface area contributed by atoms with Gasteiger partial charge in [0.25, 0.3) is 10.0 Å². The maximum absolute atomic E-state index is 12.4. The molecular weight excluding hydrogens is 342 g/mol. The maximum Gasteiger partial charge on any atom is 0.337 e. The number of halogens is 1. The van der Waals surface area contributed by atoms with Crippen molar-refractivity contribution in [2.75, 3.05) is 4.72 Å². The highest BCUT2D eigenvalue weighted by Gasteiger charge is 2.20. The molecular formula is C15H12ClNO5S. The zero-order valence-electron chi connectivity index (χ0n) is 11.9. The monoisotopic (exact) mass is 353 g/mol. The molecule has 23 heavy (non-hydrogen) atoms. The summed E-state index contributed by atoms with van der Waals surface area (Å²) in [6.07, 6.45) is 0. The number of benzene rings is 2. The number of anilines is 1. The lowest BCUT2D eigenvalue weighted by Crippen LogP contribution is -2.15. The Morgan fingerprint density at radius 3 is 2.35 bits per heavy atom. The third-order valence-electron chi connectivity index (χ3n) is 3.03. The largest absolute Gasteiger partial charge is 0.478 e. The number of sulfonamides is 1. The van der Waals surface area contributed by atoms with Crippen LogP contribution in [-0.4, -0.2) is 25.3 Å². The first kappa shape index (κ1) is 17.0. The van der Waals surface area contributed by atoms with Crippen molar-refractivity contribution in [3.05, 3.63) is 58.6 Å². The number of aromatic carboxylic acids is 1. The third kappa shape index (κ3) is 3.69. The van der Waals surface area contributed by atoms with Gasteiger partial charge in [-0.25, -0.2) is 13.2 Å². The normalized spacial score (nSPS) is 11.0. The molecule has 0 fully saturated rings. The molecule has 0 atom stereocenters. The number of ketones is 1. The van der Waals surface area contributed by atoms with Gasteiger partial charge in [-0.1, -0.05) is 23.7 Å². The van der Waals surface area contributed by atoms with Crippen LogP contribution in [0, 0.1) is 0 Å². The van der Waals surface area contributed by atoms with E-state index in [2.05, 4.69) is 4.72 Å². The van der Waals surface area contributed by atoms with Crippen molar-refractivity contribution in [2.45, 2.75) is 11.8 Å². The first-order valence-electron chi connectivity index (χ1n) is 6.38. The highest BCUT2D eigenvalue weighted by Crippen LogP contribution is 2.24. The standard InChI is InChI=1S/C15H12ClNO5S/c1-9(18)11-4-2-3-5-14(11)17-23(21,22)10-6-7-13(16)12(8-10)15(19)20/h2-8,17H,1H3,(H,19,20). The second-order valence-corrected chi connectivity index (χ2v) is 6.74. The topological polar surface area (TPSA) is 101 Å². The van der Waals surface area contributed by atoms with E-state index in [9.17, 15) is 18.0 Å². The Kier molecular flexibility index (Phi) is 4.72. The van der Waals surface area contributed by atoms with Gasteiger partial charge in [0.2, 0.25) is 0 Å². The molecule has 0 spiro atoms. The van der Waals surface area contributed by atoms with Gasteiger partial charge in [-0.05, 0) is 37.3 Å². The molecule has 0 unspecified atom stereocenters. The summed E-state index contributed by atoms with van der Waals surface area (Å²) in [6, 6.07) is 9.47. The zero-order valence-corrected chi connectivity index (χ0v) is 13.5. The molecule has 2 N–H and O–H groups in total. The molecule has 2 aromatic carbocycles. The molecule has 0 aromatic heterocycles. The van der Waals surface area contributed by atoms with Gasteiger partial charge in [0.05, 0.1) is 21.2 Å². The van der Waals surface area contributed by atoms with E-state index in [0.29, 0.717) is 0 Å². The van der Waals surface area contributed by atoms with E-state index in [1.807, 2.05) is 0 Å². The minimum atomic E-state index is -4.07. The van der Waals surface area contributed by atoms with Crippen LogP contribution in [0.5, 0.6) is 0 Å². The molecule has 0 aliphatic heterocycles. The molecule has 0 heterocycles. The Balaban J connectivity index is 2.47. The average molecular weight is 354 g/mol. The van der Waals surface area contributed by atoms with Gasteiger partial charge in [0.1, 0.15) is 0 Å². The molecule has 120 valence electrons. The van der Waals surface area contributed by atoms with Crippen molar-refractivity contribution < 1.29 is 23.1 Å². The number of nitrogens with one attached hydrogen (secondary N) is 1. The molecule has 2 rings (SSSR count). The predicted molar refractivity (Wildman–Crippen MR) is 85.7 cm³/mol. The number of para-hydroxylation sites is 1. The van der Waals surface area contributed by atoms with Gasteiger partial charge >= 0.3 is 5.97 Å². The number of carbonyl (C=O) groups excluding carboxylic acids is 1. The van der Waals surface area contributed by atoms with E-state index in [1.54, 1.807) is 12.1 Å². The Labute approximate surface area is 137 Å². The van der Waals surface area contributed by atoms with E-state index in [4.69, 9.17) is 16.7 Å². The van der Waals surface area contributed by atoms with Crippen LogP contribution in [0.4, 0.5) is 5.69 Å². The van der Waals surface area contributed by atoms with E-state index in [-0.39, 0.29) is 32.5 Å². The van der Waals surface area contributed by atoms with E-state index in [0.717, 1.165) is 6.07 Å². The molecule has 8 heteroatoms. The van der Waals surface area contributed by atoms with Crippen LogP contribution in [0.3, 0.4) is 0 Å². The van der Waals surface area contributed by atoms with Gasteiger partial charge in [0, 0.05) is 5.56 Å². The van der Waals surface area contributed by atoms with Crippen molar-refractivity contribution >= 4 is 39.1 Å². The van der Waals surface area contributed by atoms with Crippen molar-refractivity contribution in [1.29, 1.82) is 0 Å². The predicted octanol–water partition coefficient (Wildman–Crippen LogP) is 3.04. The lowest BCUT2D eigenvalue weighted by Gasteiger charge is -2.11. The third-order valence-corrected chi connectivity index (χ3v) is 4.72. The molecule has 0 aliphatic carbocycles. The summed E-state index contributed by atoms with van der Waals surface area (Å²) in [6.45, 7) is 1.32. The molecule has 0 amide bonds. The first-order chi connectivity index (χ1) is 10.7. The Morgan fingerprint density at radius 1 is 1.09 bits per heavy atom. The summed E-state index contributed by atoms with van der Waals surface area (Å²) in [4.78, 5) is 22.3. The fourth-order valence-electron chi connectivity index (χ4n) is 1.92. The van der Waals surface area contributed by atoms with Crippen molar-refractivity contribution in [1.82, 2.24) is 0 Å². The van der Waals surface area contributed by atoms with Gasteiger partial charge in [-0.15, -0.1) is 0 Å². The van der Waals surface area contributed by atoms with Crippen LogP contribution >= 0.6 is 11.6 Å². The van der Waals surface area contributed by atoms with E-state index >= 15 is 0 Å². The maximum atomic E-state index is 12.4. The number of carboxylic acid groups (broad SMARTS) is 1. The molecule has 6 nitrogen and oxygen atoms in total. The fraction of sp³-hybridized carbons (Fsp3) is 0.0667. The summed E-state index contributed by atoms with van der Waals surface area (Å²) in [5.41, 5.74) is 0.00437. The van der Waals surface area contributed by atoms with Crippen LogP contribution in [0.15, 0.2) is 47.4 Å². The van der Waals surface area contributed by atoms with Crippen molar-refractivity contribution in [3.8, 4) is 0 Å². The van der Waals surface area contributed by atoms with Gasteiger partial charge in [-0.2, -0.15) is 0 Å². The zero-order chi connectivity index (χ0) is 17.2. The number of hydrogen-bond acceptors (Lipinski definition) is 4. The summed E-state index contributed by atoms with van der Waals surface area (Å²) in [7, 11) is -4.07. The highest BCUT2D eigenvalue weighted by molar-refractivity contribution is 7.92. The lowest BCUT2D eigenvalue weighted by molar-refractivity contribution is 0.0696. The summed E-state index contributed by atoms with van der Waals surface area (Å²) >= 11 is 5.73. The van der Waals surface area contributed by atoms with Crippen molar-refractivity contribution in [3.63, 3.8) is 0 Å². The van der Waals surface area contributed by atoms with Crippen LogP contribution in [0.1, 0.15) is 27.6 Å². The van der Waals surface area contributed by atoms with Crippen LogP contribution in [0.25, 0.3) is 0 Å². The highest BCUT2D eigenvalue weighted by atomic mass is 35.5. The number of Topliss-reactive ketones (excluding diaryl/α,β-unsaturated/α-hetero) is 1. The Morgan fingerprint density at radius 2 is 1.74 bits per heavy atom. The molecule has 0 saturated heterocycles. The second kappa shape index (κ2) is 6.39.